The third-order valence-corrected chi connectivity index (χ3v) is 4.25. The monoisotopic (exact) mass is 278 g/mol. The van der Waals surface area contributed by atoms with Gasteiger partial charge in [0.05, 0.1) is 11.2 Å². The quantitative estimate of drug-likeness (QED) is 0.767. The number of Topliss-reactive ketones (excluding diaryl/α,β-unsaturated/α-hetero) is 1. The van der Waals surface area contributed by atoms with Crippen molar-refractivity contribution in [3.63, 3.8) is 0 Å². The highest BCUT2D eigenvalue weighted by molar-refractivity contribution is 7.92. The van der Waals surface area contributed by atoms with Gasteiger partial charge in [0, 0.05) is 12.8 Å². The number of carbonyl (C=O) groups excluding carboxylic acids is 1. The van der Waals surface area contributed by atoms with Crippen LogP contribution in [0.1, 0.15) is 30.8 Å². The van der Waals surface area contributed by atoms with Crippen molar-refractivity contribution in [2.45, 2.75) is 32.1 Å². The van der Waals surface area contributed by atoms with Gasteiger partial charge in [-0.25, -0.2) is 8.42 Å². The summed E-state index contributed by atoms with van der Waals surface area (Å²) in [5.74, 6) is -0.511. The van der Waals surface area contributed by atoms with Gasteiger partial charge in [-0.15, -0.1) is 0 Å². The minimum absolute atomic E-state index is 0.173. The molecular formula is C10H15ClN2O3S. The third-order valence-electron chi connectivity index (χ3n) is 2.48. The molecule has 1 rings (SSSR count). The number of ketones is 1. The number of aromatic nitrogens is 2. The van der Waals surface area contributed by atoms with Gasteiger partial charge < -0.3 is 0 Å². The lowest BCUT2D eigenvalue weighted by Gasteiger charge is -2.10. The van der Waals surface area contributed by atoms with E-state index in [1.54, 1.807) is 0 Å². The van der Waals surface area contributed by atoms with Crippen molar-refractivity contribution in [3.8, 4) is 0 Å². The fourth-order valence-electron chi connectivity index (χ4n) is 1.38. The molecule has 0 saturated carbocycles. The highest BCUT2D eigenvalue weighted by Gasteiger charge is 2.29. The van der Waals surface area contributed by atoms with Crippen molar-refractivity contribution in [1.29, 1.82) is 0 Å². The molecule has 1 heterocycles. The maximum Gasteiger partial charge on any atom is 0.200 e. The van der Waals surface area contributed by atoms with Crippen LogP contribution in [0.25, 0.3) is 0 Å². The fraction of sp³-hybridized carbons (Fsp3) is 0.600. The lowest BCUT2D eigenvalue weighted by Crippen LogP contribution is -2.28. The van der Waals surface area contributed by atoms with Gasteiger partial charge in [-0.1, -0.05) is 18.5 Å². The molecular weight excluding hydrogens is 264 g/mol. The van der Waals surface area contributed by atoms with Gasteiger partial charge in [-0.3, -0.25) is 9.48 Å². The predicted molar refractivity (Wildman–Crippen MR) is 66.2 cm³/mol. The number of rotatable bonds is 5. The molecule has 0 saturated heterocycles. The number of sulfone groups is 1. The van der Waals surface area contributed by atoms with Gasteiger partial charge in [-0.05, 0) is 13.3 Å². The van der Waals surface area contributed by atoms with Gasteiger partial charge in [0.15, 0.2) is 15.6 Å². The Morgan fingerprint density at radius 3 is 2.65 bits per heavy atom. The molecule has 0 amide bonds. The summed E-state index contributed by atoms with van der Waals surface area (Å²) < 4.78 is 24.2. The van der Waals surface area contributed by atoms with Crippen LogP contribution in [0, 0.1) is 0 Å². The smallest absolute Gasteiger partial charge is 0.200 e. The minimum atomic E-state index is -3.43. The third kappa shape index (κ3) is 3.07. The van der Waals surface area contributed by atoms with E-state index < -0.39 is 20.9 Å². The molecule has 0 fully saturated rings. The summed E-state index contributed by atoms with van der Waals surface area (Å²) in [6, 6.07) is 0. The van der Waals surface area contributed by atoms with Crippen LogP contribution in [-0.4, -0.2) is 35.5 Å². The van der Waals surface area contributed by atoms with Gasteiger partial charge >= 0.3 is 0 Å². The van der Waals surface area contributed by atoms with Crippen LogP contribution < -0.4 is 0 Å². The number of hydrogen-bond donors (Lipinski definition) is 0. The molecule has 1 aromatic heterocycles. The Morgan fingerprint density at radius 2 is 2.18 bits per heavy atom. The molecule has 0 bridgehead atoms. The van der Waals surface area contributed by atoms with Gasteiger partial charge in [-0.2, -0.15) is 5.10 Å². The lowest BCUT2D eigenvalue weighted by atomic mass is 10.2. The van der Waals surface area contributed by atoms with E-state index in [4.69, 9.17) is 11.6 Å². The van der Waals surface area contributed by atoms with Crippen molar-refractivity contribution in [2.75, 3.05) is 6.26 Å². The largest absolute Gasteiger partial charge is 0.291 e. The number of aryl methyl sites for hydroxylation is 1. The number of hydrogen-bond acceptors (Lipinski definition) is 4. The van der Waals surface area contributed by atoms with Crippen molar-refractivity contribution in [2.24, 2.45) is 0 Å². The van der Waals surface area contributed by atoms with Crippen molar-refractivity contribution in [3.05, 3.63) is 16.9 Å². The highest BCUT2D eigenvalue weighted by atomic mass is 35.5. The molecule has 1 atom stereocenters. The maximum absolute atomic E-state index is 12.0. The van der Waals surface area contributed by atoms with Gasteiger partial charge in [0.1, 0.15) is 10.9 Å². The highest BCUT2D eigenvalue weighted by Crippen LogP contribution is 2.19. The van der Waals surface area contributed by atoms with Crippen LogP contribution in [0.2, 0.25) is 5.02 Å². The average Bonchev–Trinajstić information content (AvgIpc) is 2.57. The average molecular weight is 279 g/mol. The molecule has 96 valence electrons. The molecule has 0 aliphatic heterocycles. The summed E-state index contributed by atoms with van der Waals surface area (Å²) in [5, 5.41) is 3.05. The second kappa shape index (κ2) is 5.18. The van der Waals surface area contributed by atoms with E-state index in [9.17, 15) is 13.2 Å². The van der Waals surface area contributed by atoms with E-state index in [1.807, 2.05) is 6.92 Å². The standard InChI is InChI=1S/C10H15ClN2O3S/c1-4-5-13-9(8(11)6-12-13)10(14)7(2)17(3,15)16/h6-7H,4-5H2,1-3H3. The van der Waals surface area contributed by atoms with E-state index in [0.717, 1.165) is 12.7 Å². The summed E-state index contributed by atoms with van der Waals surface area (Å²) in [4.78, 5) is 12.0. The van der Waals surface area contributed by atoms with E-state index >= 15 is 0 Å². The molecule has 5 nitrogen and oxygen atoms in total. The Morgan fingerprint density at radius 1 is 1.59 bits per heavy atom. The SMILES string of the molecule is CCCn1ncc(Cl)c1C(=O)C(C)S(C)(=O)=O. The molecule has 0 radical (unpaired) electrons. The van der Waals surface area contributed by atoms with Crippen molar-refractivity contribution >= 4 is 27.2 Å². The summed E-state index contributed by atoms with van der Waals surface area (Å²) in [6.07, 6.45) is 3.18. The van der Waals surface area contributed by atoms with E-state index in [1.165, 1.54) is 17.8 Å². The first-order valence-corrected chi connectivity index (χ1v) is 7.56. The van der Waals surface area contributed by atoms with Crippen LogP contribution in [0.3, 0.4) is 0 Å². The fourth-order valence-corrected chi connectivity index (χ4v) is 2.11. The number of nitrogens with zero attached hydrogens (tertiary/aromatic N) is 2. The first-order valence-electron chi connectivity index (χ1n) is 5.23. The number of halogens is 1. The molecule has 0 spiro atoms. The molecule has 1 unspecified atom stereocenters. The lowest BCUT2D eigenvalue weighted by molar-refractivity contribution is 0.0981. The van der Waals surface area contributed by atoms with E-state index in [-0.39, 0.29) is 10.7 Å². The second-order valence-electron chi connectivity index (χ2n) is 3.90. The summed E-state index contributed by atoms with van der Waals surface area (Å²) in [7, 11) is -3.43. The molecule has 0 N–H and O–H groups in total. The normalized spacial score (nSPS) is 13.6. The van der Waals surface area contributed by atoms with Crippen LogP contribution >= 0.6 is 11.6 Å². The van der Waals surface area contributed by atoms with Crippen LogP contribution in [0.5, 0.6) is 0 Å². The molecule has 17 heavy (non-hydrogen) atoms. The van der Waals surface area contributed by atoms with Gasteiger partial charge in [0.2, 0.25) is 0 Å². The summed E-state index contributed by atoms with van der Waals surface area (Å²) >= 11 is 5.87. The van der Waals surface area contributed by atoms with E-state index in [0.29, 0.717) is 6.54 Å². The Kier molecular flexibility index (Phi) is 4.32. The zero-order valence-corrected chi connectivity index (χ0v) is 11.5. The Bertz CT molecular complexity index is 522. The topological polar surface area (TPSA) is 69.0 Å². The predicted octanol–water partition coefficient (Wildman–Crippen LogP) is 1.56. The molecule has 0 aliphatic rings. The van der Waals surface area contributed by atoms with E-state index in [2.05, 4.69) is 5.10 Å². The second-order valence-corrected chi connectivity index (χ2v) is 6.67. The first-order chi connectivity index (χ1) is 7.79. The summed E-state index contributed by atoms with van der Waals surface area (Å²) in [5.41, 5.74) is 0.173. The maximum atomic E-state index is 12.0. The molecule has 0 aliphatic carbocycles. The number of carbonyl (C=O) groups is 1. The van der Waals surface area contributed by atoms with Crippen LogP contribution in [0.15, 0.2) is 6.20 Å². The van der Waals surface area contributed by atoms with Gasteiger partial charge in [0.25, 0.3) is 0 Å². The van der Waals surface area contributed by atoms with Crippen LogP contribution in [0.4, 0.5) is 0 Å². The van der Waals surface area contributed by atoms with Crippen LogP contribution in [-0.2, 0) is 16.4 Å². The first kappa shape index (κ1) is 14.2. The summed E-state index contributed by atoms with van der Waals surface area (Å²) in [6.45, 7) is 3.82. The zero-order chi connectivity index (χ0) is 13.2. The zero-order valence-electron chi connectivity index (χ0n) is 9.97. The van der Waals surface area contributed by atoms with Crippen molar-refractivity contribution < 1.29 is 13.2 Å². The Hall–Kier alpha value is -0.880. The minimum Gasteiger partial charge on any atom is -0.291 e. The molecule has 1 aromatic rings. The Balaban J connectivity index is 3.16. The van der Waals surface area contributed by atoms with Crippen molar-refractivity contribution in [1.82, 2.24) is 9.78 Å². The molecule has 0 aromatic carbocycles. The molecule has 7 heteroatoms. The Labute approximate surface area is 106 Å².